The molecule has 0 radical (unpaired) electrons. The van der Waals surface area contributed by atoms with Gasteiger partial charge in [0.1, 0.15) is 13.2 Å². The summed E-state index contributed by atoms with van der Waals surface area (Å²) in [4.78, 5) is 24.3. The number of carboxylic acid groups (broad SMARTS) is 1. The van der Waals surface area contributed by atoms with E-state index in [2.05, 4.69) is 10.0 Å². The normalized spacial score (nSPS) is 10.9. The zero-order chi connectivity index (χ0) is 27.8. The predicted molar refractivity (Wildman–Crippen MR) is 133 cm³/mol. The molecule has 0 saturated heterocycles. The van der Waals surface area contributed by atoms with Gasteiger partial charge in [0.25, 0.3) is 0 Å². The van der Waals surface area contributed by atoms with Crippen molar-refractivity contribution in [2.24, 2.45) is 5.11 Å². The largest absolute Gasteiger partial charge is 0.480 e. The van der Waals surface area contributed by atoms with E-state index in [1.807, 2.05) is 0 Å². The number of carbonyl (C=O) groups is 2. The molecule has 0 spiro atoms. The average molecular weight is 554 g/mol. The zero-order valence-corrected chi connectivity index (χ0v) is 22.1. The number of ether oxygens (including phenoxy) is 9. The maximum Gasteiger partial charge on any atom is 0.329 e. The summed E-state index contributed by atoms with van der Waals surface area (Å²) in [5, 5.41) is 11.8. The van der Waals surface area contributed by atoms with Crippen LogP contribution in [0.5, 0.6) is 0 Å². The van der Waals surface area contributed by atoms with Crippen LogP contribution >= 0.6 is 0 Å². The predicted octanol–water partition coefficient (Wildman–Crippen LogP) is 0.880. The number of rotatable bonds is 32. The average Bonchev–Trinajstić information content (AvgIpc) is 2.90. The van der Waals surface area contributed by atoms with Gasteiger partial charge in [-0.1, -0.05) is 5.11 Å². The van der Waals surface area contributed by atoms with Gasteiger partial charge in [-0.3, -0.25) is 4.79 Å². The summed E-state index contributed by atoms with van der Waals surface area (Å²) >= 11 is 0. The molecule has 0 fully saturated rings. The van der Waals surface area contributed by atoms with Gasteiger partial charge in [-0.25, -0.2) is 4.79 Å². The Morgan fingerprint density at radius 1 is 0.553 bits per heavy atom. The summed E-state index contributed by atoms with van der Waals surface area (Å²) in [5.74, 6) is -1.25. The van der Waals surface area contributed by atoms with Crippen molar-refractivity contribution in [3.63, 3.8) is 0 Å². The minimum Gasteiger partial charge on any atom is -0.480 e. The molecule has 0 atom stereocenters. The number of aliphatic carboxylic acids is 1. The molecule has 0 aliphatic rings. The van der Waals surface area contributed by atoms with Crippen LogP contribution in [0.4, 0.5) is 0 Å². The lowest BCUT2D eigenvalue weighted by Gasteiger charge is -2.08. The first-order chi connectivity index (χ1) is 18.7. The summed E-state index contributed by atoms with van der Waals surface area (Å²) < 4.78 is 47.6. The van der Waals surface area contributed by atoms with Gasteiger partial charge in [0, 0.05) is 24.5 Å². The van der Waals surface area contributed by atoms with E-state index < -0.39 is 12.6 Å². The number of Topliss-reactive ketones (excluding diaryl/α,β-unsaturated/α-hetero) is 1. The van der Waals surface area contributed by atoms with Crippen molar-refractivity contribution in [2.45, 2.75) is 12.8 Å². The Morgan fingerprint density at radius 3 is 1.29 bits per heavy atom. The molecule has 15 heteroatoms. The molecule has 0 aliphatic carbocycles. The van der Waals surface area contributed by atoms with E-state index in [-0.39, 0.29) is 18.8 Å². The van der Waals surface area contributed by atoms with Crippen molar-refractivity contribution in [2.75, 3.05) is 125 Å². The van der Waals surface area contributed by atoms with Crippen LogP contribution in [0, 0.1) is 0 Å². The van der Waals surface area contributed by atoms with Crippen molar-refractivity contribution in [3.05, 3.63) is 10.4 Å². The highest BCUT2D eigenvalue weighted by atomic mass is 16.6. The maximum absolute atomic E-state index is 11.4. The van der Waals surface area contributed by atoms with E-state index in [0.717, 1.165) is 0 Å². The molecule has 0 unspecified atom stereocenters. The molecular weight excluding hydrogens is 510 g/mol. The summed E-state index contributed by atoms with van der Waals surface area (Å²) in [6.07, 6.45) is 0.836. The van der Waals surface area contributed by atoms with Gasteiger partial charge in [-0.2, -0.15) is 0 Å². The highest BCUT2D eigenvalue weighted by molar-refractivity contribution is 5.80. The molecule has 0 aromatic carbocycles. The van der Waals surface area contributed by atoms with E-state index in [1.165, 1.54) is 0 Å². The Balaban J connectivity index is 3.10. The molecule has 0 heterocycles. The van der Waals surface area contributed by atoms with Crippen LogP contribution in [0.25, 0.3) is 10.4 Å². The van der Waals surface area contributed by atoms with Crippen LogP contribution in [0.15, 0.2) is 5.11 Å². The smallest absolute Gasteiger partial charge is 0.329 e. The number of carboxylic acids is 1. The number of hydrogen-bond acceptors (Lipinski definition) is 12. The van der Waals surface area contributed by atoms with E-state index in [1.54, 1.807) is 0 Å². The fourth-order valence-electron chi connectivity index (χ4n) is 2.49. The standard InChI is InChI=1S/C23H43N3O12/c24-26-25-3-5-31-7-9-33-11-13-35-15-17-37-19-18-36-16-14-34-12-10-32-8-6-30-4-1-2-22(27)20-38-21-23(28)29/h1-21H2,(H,28,29). The number of azide groups is 1. The molecule has 38 heavy (non-hydrogen) atoms. The summed E-state index contributed by atoms with van der Waals surface area (Å²) in [6.45, 7) is 6.92. The quantitative estimate of drug-likeness (QED) is 0.0537. The summed E-state index contributed by atoms with van der Waals surface area (Å²) in [5.41, 5.74) is 8.11. The van der Waals surface area contributed by atoms with Crippen LogP contribution in [0.2, 0.25) is 0 Å². The van der Waals surface area contributed by atoms with E-state index in [4.69, 9.17) is 53.3 Å². The van der Waals surface area contributed by atoms with Crippen LogP contribution in [0.1, 0.15) is 12.8 Å². The van der Waals surface area contributed by atoms with E-state index in [9.17, 15) is 9.59 Å². The molecule has 0 bridgehead atoms. The monoisotopic (exact) mass is 553 g/mol. The molecule has 0 amide bonds. The Kier molecular flexibility index (Phi) is 29.7. The van der Waals surface area contributed by atoms with Gasteiger partial charge in [-0.15, -0.1) is 0 Å². The molecule has 222 valence electrons. The first-order valence-electron chi connectivity index (χ1n) is 12.6. The molecule has 0 aromatic heterocycles. The molecule has 0 rings (SSSR count). The third-order valence-corrected chi connectivity index (χ3v) is 4.24. The zero-order valence-electron chi connectivity index (χ0n) is 22.1. The lowest BCUT2D eigenvalue weighted by atomic mass is 10.2. The second-order valence-corrected chi connectivity index (χ2v) is 7.38. The van der Waals surface area contributed by atoms with Crippen LogP contribution in [-0.2, 0) is 52.2 Å². The molecular formula is C23H43N3O12. The lowest BCUT2D eigenvalue weighted by molar-refractivity contribution is -0.143. The summed E-state index contributed by atoms with van der Waals surface area (Å²) in [6, 6.07) is 0. The van der Waals surface area contributed by atoms with Gasteiger partial charge < -0.3 is 47.7 Å². The molecule has 0 aliphatic heterocycles. The number of hydrogen-bond donors (Lipinski definition) is 1. The summed E-state index contributed by atoms with van der Waals surface area (Å²) in [7, 11) is 0. The second-order valence-electron chi connectivity index (χ2n) is 7.38. The maximum atomic E-state index is 11.4. The Hall–Kier alpha value is -1.91. The Morgan fingerprint density at radius 2 is 0.921 bits per heavy atom. The highest BCUT2D eigenvalue weighted by Gasteiger charge is 2.04. The third kappa shape index (κ3) is 32.1. The molecule has 0 saturated carbocycles. The van der Waals surface area contributed by atoms with Crippen LogP contribution < -0.4 is 0 Å². The second kappa shape index (κ2) is 31.3. The molecule has 0 aromatic rings. The molecule has 15 nitrogen and oxygen atoms in total. The topological polar surface area (TPSA) is 186 Å². The lowest BCUT2D eigenvalue weighted by Crippen LogP contribution is -2.15. The van der Waals surface area contributed by atoms with Crippen LogP contribution in [0.3, 0.4) is 0 Å². The Labute approximate surface area is 223 Å². The Bertz CT molecular complexity index is 594. The fraction of sp³-hybridized carbons (Fsp3) is 0.913. The van der Waals surface area contributed by atoms with Crippen molar-refractivity contribution in [3.8, 4) is 0 Å². The van der Waals surface area contributed by atoms with Crippen molar-refractivity contribution >= 4 is 11.8 Å². The van der Waals surface area contributed by atoms with Gasteiger partial charge >= 0.3 is 5.97 Å². The number of ketones is 1. The first kappa shape index (κ1) is 36.1. The first-order valence-corrected chi connectivity index (χ1v) is 12.6. The van der Waals surface area contributed by atoms with Gasteiger partial charge in [0.05, 0.1) is 99.1 Å². The van der Waals surface area contributed by atoms with Crippen molar-refractivity contribution in [1.82, 2.24) is 0 Å². The number of carbonyl (C=O) groups excluding carboxylic acids is 1. The van der Waals surface area contributed by atoms with Gasteiger partial charge in [0.2, 0.25) is 0 Å². The minimum absolute atomic E-state index is 0.149. The van der Waals surface area contributed by atoms with Gasteiger partial charge in [-0.05, 0) is 12.0 Å². The fourth-order valence-corrected chi connectivity index (χ4v) is 2.49. The van der Waals surface area contributed by atoms with Gasteiger partial charge in [0.15, 0.2) is 5.78 Å². The molecule has 1 N–H and O–H groups in total. The number of nitrogens with zero attached hydrogens (tertiary/aromatic N) is 3. The highest BCUT2D eigenvalue weighted by Crippen LogP contribution is 1.94. The van der Waals surface area contributed by atoms with Crippen molar-refractivity contribution in [1.29, 1.82) is 0 Å². The minimum atomic E-state index is -1.10. The van der Waals surface area contributed by atoms with E-state index in [0.29, 0.717) is 119 Å². The SMILES string of the molecule is [N-]=[N+]=NCCOCCOCCOCCOCCOCCOCCOCCOCCCC(=O)COCC(=O)O. The van der Waals surface area contributed by atoms with Crippen LogP contribution in [-0.4, -0.2) is 142 Å². The van der Waals surface area contributed by atoms with E-state index >= 15 is 0 Å². The third-order valence-electron chi connectivity index (χ3n) is 4.24. The van der Waals surface area contributed by atoms with Crippen molar-refractivity contribution < 1.29 is 57.3 Å².